The predicted molar refractivity (Wildman–Crippen MR) is 78.6 cm³/mol. The van der Waals surface area contributed by atoms with Gasteiger partial charge >= 0.3 is 0 Å². The molecular weight excluding hydrogens is 278 g/mol. The summed E-state index contributed by atoms with van der Waals surface area (Å²) in [5.41, 5.74) is 6.25. The Morgan fingerprint density at radius 1 is 1.30 bits per heavy atom. The molecule has 20 heavy (non-hydrogen) atoms. The van der Waals surface area contributed by atoms with Crippen LogP contribution < -0.4 is 16.2 Å². The zero-order valence-electron chi connectivity index (χ0n) is 12.1. The van der Waals surface area contributed by atoms with E-state index in [-0.39, 0.29) is 10.8 Å². The van der Waals surface area contributed by atoms with Gasteiger partial charge in [-0.3, -0.25) is 4.79 Å². The lowest BCUT2D eigenvalue weighted by molar-refractivity contribution is -0.119. The van der Waals surface area contributed by atoms with Crippen LogP contribution in [0.4, 0.5) is 5.69 Å². The third kappa shape index (κ3) is 3.78. The van der Waals surface area contributed by atoms with Gasteiger partial charge in [-0.05, 0) is 30.0 Å². The average molecular weight is 299 g/mol. The minimum Gasteiger partial charge on any atom is -0.324 e. The number of benzene rings is 1. The molecule has 0 saturated carbocycles. The van der Waals surface area contributed by atoms with Gasteiger partial charge in [0.1, 0.15) is 0 Å². The van der Waals surface area contributed by atoms with Crippen molar-refractivity contribution < 1.29 is 13.2 Å². The number of hydrogen-bond acceptors (Lipinski definition) is 4. The van der Waals surface area contributed by atoms with Crippen LogP contribution >= 0.6 is 0 Å². The summed E-state index contributed by atoms with van der Waals surface area (Å²) >= 11 is 0. The Morgan fingerprint density at radius 3 is 2.30 bits per heavy atom. The Bertz CT molecular complexity index is 618. The molecule has 0 bridgehead atoms. The van der Waals surface area contributed by atoms with Crippen LogP contribution in [-0.4, -0.2) is 20.4 Å². The first-order valence-electron chi connectivity index (χ1n) is 6.13. The van der Waals surface area contributed by atoms with E-state index in [4.69, 9.17) is 10.9 Å². The molecule has 0 aliphatic rings. The van der Waals surface area contributed by atoms with E-state index in [2.05, 4.69) is 5.32 Å². The molecule has 6 nitrogen and oxygen atoms in total. The van der Waals surface area contributed by atoms with Gasteiger partial charge in [-0.25, -0.2) is 13.6 Å². The molecule has 1 amide bonds. The van der Waals surface area contributed by atoms with Crippen LogP contribution in [0.3, 0.4) is 0 Å². The molecule has 0 aromatic heterocycles. The molecule has 1 aromatic carbocycles. The molecule has 1 aromatic rings. The number of amides is 1. The van der Waals surface area contributed by atoms with Crippen molar-refractivity contribution in [3.05, 3.63) is 23.8 Å². The van der Waals surface area contributed by atoms with Crippen molar-refractivity contribution in [1.82, 2.24) is 0 Å². The number of nitrogens with one attached hydrogen (secondary N) is 1. The van der Waals surface area contributed by atoms with Crippen LogP contribution in [0, 0.1) is 12.3 Å². The van der Waals surface area contributed by atoms with Crippen LogP contribution in [-0.2, 0) is 14.8 Å². The highest BCUT2D eigenvalue weighted by molar-refractivity contribution is 7.89. The van der Waals surface area contributed by atoms with Crippen LogP contribution in [0.5, 0.6) is 0 Å². The summed E-state index contributed by atoms with van der Waals surface area (Å²) in [7, 11) is -3.82. The quantitative estimate of drug-likeness (QED) is 0.770. The maximum absolute atomic E-state index is 12.1. The van der Waals surface area contributed by atoms with E-state index < -0.39 is 21.5 Å². The van der Waals surface area contributed by atoms with Crippen molar-refractivity contribution in [2.24, 2.45) is 16.3 Å². The lowest BCUT2D eigenvalue weighted by atomic mass is 9.87. The highest BCUT2D eigenvalue weighted by Gasteiger charge is 2.28. The van der Waals surface area contributed by atoms with Crippen LogP contribution in [0.2, 0.25) is 0 Å². The van der Waals surface area contributed by atoms with Crippen LogP contribution in [0.1, 0.15) is 26.3 Å². The first kappa shape index (κ1) is 16.6. The highest BCUT2D eigenvalue weighted by atomic mass is 32.2. The molecule has 0 fully saturated rings. The highest BCUT2D eigenvalue weighted by Crippen LogP contribution is 2.24. The Balaban J connectivity index is 3.10. The zero-order chi connectivity index (χ0) is 15.7. The number of primary sulfonamides is 1. The molecule has 7 heteroatoms. The number of anilines is 1. The van der Waals surface area contributed by atoms with E-state index in [1.807, 2.05) is 20.8 Å². The van der Waals surface area contributed by atoms with Crippen LogP contribution in [0.15, 0.2) is 23.1 Å². The van der Waals surface area contributed by atoms with E-state index in [9.17, 15) is 13.2 Å². The third-order valence-electron chi connectivity index (χ3n) is 3.06. The number of sulfonamides is 1. The molecule has 5 N–H and O–H groups in total. The molecule has 112 valence electrons. The molecule has 0 radical (unpaired) electrons. The first-order valence-corrected chi connectivity index (χ1v) is 7.68. The van der Waals surface area contributed by atoms with Crippen molar-refractivity contribution in [3.8, 4) is 0 Å². The maximum atomic E-state index is 12.1. The molecular formula is C13H21N3O3S. The first-order chi connectivity index (χ1) is 8.94. The molecule has 1 rings (SSSR count). The second kappa shape index (κ2) is 5.51. The molecule has 0 saturated heterocycles. The second-order valence-electron chi connectivity index (χ2n) is 5.81. The Morgan fingerprint density at radius 2 is 1.85 bits per heavy atom. The molecule has 0 spiro atoms. The normalized spacial score (nSPS) is 13.9. The van der Waals surface area contributed by atoms with E-state index in [0.29, 0.717) is 11.3 Å². The minimum atomic E-state index is -3.82. The van der Waals surface area contributed by atoms with Gasteiger partial charge in [0.2, 0.25) is 15.9 Å². The van der Waals surface area contributed by atoms with Crippen molar-refractivity contribution >= 4 is 21.6 Å². The van der Waals surface area contributed by atoms with E-state index >= 15 is 0 Å². The van der Waals surface area contributed by atoms with Gasteiger partial charge in [0.25, 0.3) is 0 Å². The summed E-state index contributed by atoms with van der Waals surface area (Å²) in [6.45, 7) is 7.14. The van der Waals surface area contributed by atoms with Gasteiger partial charge in [0, 0.05) is 5.69 Å². The van der Waals surface area contributed by atoms with Gasteiger partial charge < -0.3 is 11.1 Å². The van der Waals surface area contributed by atoms with Crippen LogP contribution in [0.25, 0.3) is 0 Å². The third-order valence-corrected chi connectivity index (χ3v) is 4.12. The fourth-order valence-corrected chi connectivity index (χ4v) is 2.47. The fourth-order valence-electron chi connectivity index (χ4n) is 1.66. The van der Waals surface area contributed by atoms with Crippen molar-refractivity contribution in [2.45, 2.75) is 38.6 Å². The van der Waals surface area contributed by atoms with E-state index in [1.54, 1.807) is 13.0 Å². The molecule has 1 unspecified atom stereocenters. The molecule has 1 atom stereocenters. The standard InChI is InChI=1S/C13H21N3O3S/c1-8-9(6-5-7-10(8)20(15,18)19)16-12(17)11(14)13(2,3)4/h5-7,11H,14H2,1-4H3,(H,16,17)(H2,15,18,19). The molecule has 0 aliphatic carbocycles. The zero-order valence-corrected chi connectivity index (χ0v) is 12.9. The van der Waals surface area contributed by atoms with Gasteiger partial charge in [0.05, 0.1) is 10.9 Å². The smallest absolute Gasteiger partial charge is 0.241 e. The molecule has 0 aliphatic heterocycles. The van der Waals surface area contributed by atoms with Gasteiger partial charge in [-0.15, -0.1) is 0 Å². The topological polar surface area (TPSA) is 115 Å². The summed E-state index contributed by atoms with van der Waals surface area (Å²) in [4.78, 5) is 12.0. The lowest BCUT2D eigenvalue weighted by Gasteiger charge is -2.26. The van der Waals surface area contributed by atoms with Gasteiger partial charge in [-0.1, -0.05) is 26.8 Å². The summed E-state index contributed by atoms with van der Waals surface area (Å²) in [6, 6.07) is 3.81. The summed E-state index contributed by atoms with van der Waals surface area (Å²) in [5.74, 6) is -0.368. The van der Waals surface area contributed by atoms with E-state index in [0.717, 1.165) is 0 Å². The minimum absolute atomic E-state index is 0.0142. The average Bonchev–Trinajstić information content (AvgIpc) is 2.28. The Hall–Kier alpha value is -1.44. The maximum Gasteiger partial charge on any atom is 0.241 e. The second-order valence-corrected chi connectivity index (χ2v) is 7.34. The van der Waals surface area contributed by atoms with Gasteiger partial charge in [-0.2, -0.15) is 0 Å². The number of hydrogen-bond donors (Lipinski definition) is 3. The van der Waals surface area contributed by atoms with Gasteiger partial charge in [0.15, 0.2) is 0 Å². The van der Waals surface area contributed by atoms with Crippen molar-refractivity contribution in [3.63, 3.8) is 0 Å². The number of carbonyl (C=O) groups excluding carboxylic acids is 1. The Labute approximate surface area is 119 Å². The van der Waals surface area contributed by atoms with Crippen molar-refractivity contribution in [2.75, 3.05) is 5.32 Å². The predicted octanol–water partition coefficient (Wildman–Crippen LogP) is 0.954. The Kier molecular flexibility index (Phi) is 4.58. The molecule has 0 heterocycles. The monoisotopic (exact) mass is 299 g/mol. The van der Waals surface area contributed by atoms with E-state index in [1.165, 1.54) is 12.1 Å². The summed E-state index contributed by atoms with van der Waals surface area (Å²) in [5, 5.41) is 7.77. The van der Waals surface area contributed by atoms with Crippen molar-refractivity contribution in [1.29, 1.82) is 0 Å². The lowest BCUT2D eigenvalue weighted by Crippen LogP contribution is -2.45. The number of carbonyl (C=O) groups is 1. The SMILES string of the molecule is Cc1c(NC(=O)C(N)C(C)(C)C)cccc1S(N)(=O)=O. The fraction of sp³-hybridized carbons (Fsp3) is 0.462. The number of nitrogens with two attached hydrogens (primary N) is 2. The summed E-state index contributed by atoms with van der Waals surface area (Å²) in [6.07, 6.45) is 0. The summed E-state index contributed by atoms with van der Waals surface area (Å²) < 4.78 is 22.9. The number of rotatable bonds is 3. The largest absolute Gasteiger partial charge is 0.324 e.